The first kappa shape index (κ1) is 14.3. The van der Waals surface area contributed by atoms with E-state index >= 15 is 0 Å². The highest BCUT2D eigenvalue weighted by Crippen LogP contribution is 2.27. The van der Waals surface area contributed by atoms with Gasteiger partial charge in [-0.2, -0.15) is 0 Å². The molecule has 0 fully saturated rings. The Morgan fingerprint density at radius 2 is 1.84 bits per heavy atom. The fourth-order valence-corrected chi connectivity index (χ4v) is 3.56. The fraction of sp³-hybridized carbons (Fsp3) is 0. The molecule has 0 heterocycles. The zero-order chi connectivity index (χ0) is 14.0. The molecule has 7 heteroatoms. The third-order valence-electron chi connectivity index (χ3n) is 2.30. The van der Waals surface area contributed by atoms with Gasteiger partial charge in [-0.25, -0.2) is 12.8 Å². The number of rotatable bonds is 3. The minimum Gasteiger partial charge on any atom is -0.278 e. The van der Waals surface area contributed by atoms with Crippen molar-refractivity contribution in [2.75, 3.05) is 4.72 Å². The number of para-hydroxylation sites is 1. The van der Waals surface area contributed by atoms with E-state index in [1.807, 2.05) is 0 Å². The summed E-state index contributed by atoms with van der Waals surface area (Å²) in [6, 6.07) is 9.86. The Morgan fingerprint density at radius 1 is 1.16 bits per heavy atom. The Hall–Kier alpha value is -1.11. The van der Waals surface area contributed by atoms with Crippen LogP contribution < -0.4 is 4.72 Å². The van der Waals surface area contributed by atoms with Gasteiger partial charge in [-0.1, -0.05) is 23.7 Å². The summed E-state index contributed by atoms with van der Waals surface area (Å²) in [5.41, 5.74) is 0.378. The highest BCUT2D eigenvalue weighted by atomic mass is 79.9. The lowest BCUT2D eigenvalue weighted by Crippen LogP contribution is -2.13. The SMILES string of the molecule is O=S(=O)(Nc1ccccc1Br)c1ccc(F)cc1Cl. The predicted molar refractivity (Wildman–Crippen MR) is 76.4 cm³/mol. The third-order valence-corrected chi connectivity index (χ3v) is 4.84. The molecule has 0 saturated heterocycles. The summed E-state index contributed by atoms with van der Waals surface area (Å²) in [5, 5.41) is -0.167. The Labute approximate surface area is 123 Å². The Balaban J connectivity index is 2.41. The van der Waals surface area contributed by atoms with E-state index < -0.39 is 15.8 Å². The van der Waals surface area contributed by atoms with E-state index in [1.165, 1.54) is 0 Å². The van der Waals surface area contributed by atoms with Gasteiger partial charge in [0.15, 0.2) is 0 Å². The van der Waals surface area contributed by atoms with Crippen LogP contribution in [0.2, 0.25) is 5.02 Å². The lowest BCUT2D eigenvalue weighted by molar-refractivity contribution is 0.599. The molecule has 19 heavy (non-hydrogen) atoms. The molecule has 0 radical (unpaired) electrons. The van der Waals surface area contributed by atoms with Gasteiger partial charge in [0.05, 0.1) is 10.7 Å². The Kier molecular flexibility index (Phi) is 4.13. The standard InChI is InChI=1S/C12H8BrClFNO2S/c13-9-3-1-2-4-11(9)16-19(17,18)12-6-5-8(15)7-10(12)14/h1-7,16H. The molecule has 0 aliphatic carbocycles. The van der Waals surface area contributed by atoms with E-state index in [4.69, 9.17) is 11.6 Å². The maximum absolute atomic E-state index is 12.9. The van der Waals surface area contributed by atoms with Gasteiger partial charge in [0.2, 0.25) is 0 Å². The van der Waals surface area contributed by atoms with Crippen molar-refractivity contribution in [3.8, 4) is 0 Å². The van der Waals surface area contributed by atoms with Gasteiger partial charge in [0, 0.05) is 4.47 Å². The topological polar surface area (TPSA) is 46.2 Å². The van der Waals surface area contributed by atoms with Crippen molar-refractivity contribution in [2.24, 2.45) is 0 Å². The molecule has 0 aromatic heterocycles. The molecule has 0 unspecified atom stereocenters. The van der Waals surface area contributed by atoms with E-state index in [9.17, 15) is 12.8 Å². The number of hydrogen-bond acceptors (Lipinski definition) is 2. The van der Waals surface area contributed by atoms with Gasteiger partial charge in [-0.05, 0) is 46.3 Å². The molecule has 0 spiro atoms. The number of nitrogens with one attached hydrogen (secondary N) is 1. The lowest BCUT2D eigenvalue weighted by Gasteiger charge is -2.10. The number of halogens is 3. The van der Waals surface area contributed by atoms with Gasteiger partial charge in [-0.3, -0.25) is 4.72 Å². The molecule has 0 bridgehead atoms. The molecule has 1 N–H and O–H groups in total. The molecular weight excluding hydrogens is 357 g/mol. The average molecular weight is 365 g/mol. The second-order valence-electron chi connectivity index (χ2n) is 3.66. The summed E-state index contributed by atoms with van der Waals surface area (Å²) < 4.78 is 40.2. The van der Waals surface area contributed by atoms with Crippen molar-refractivity contribution in [3.63, 3.8) is 0 Å². The maximum Gasteiger partial charge on any atom is 0.263 e. The zero-order valence-electron chi connectivity index (χ0n) is 9.40. The maximum atomic E-state index is 12.9. The van der Waals surface area contributed by atoms with Gasteiger partial charge < -0.3 is 0 Å². The van der Waals surface area contributed by atoms with Crippen molar-refractivity contribution in [1.29, 1.82) is 0 Å². The third kappa shape index (κ3) is 3.26. The van der Waals surface area contributed by atoms with Crippen LogP contribution in [-0.2, 0) is 10.0 Å². The first-order chi connectivity index (χ1) is 8.90. The molecule has 0 aliphatic rings. The molecule has 2 rings (SSSR count). The first-order valence-electron chi connectivity index (χ1n) is 5.12. The summed E-state index contributed by atoms with van der Waals surface area (Å²) in [5.74, 6) is -0.593. The molecule has 0 amide bonds. The van der Waals surface area contributed by atoms with Crippen molar-refractivity contribution < 1.29 is 12.8 Å². The molecule has 0 atom stereocenters. The first-order valence-corrected chi connectivity index (χ1v) is 7.78. The molecule has 2 aromatic carbocycles. The van der Waals surface area contributed by atoms with Crippen LogP contribution in [0.25, 0.3) is 0 Å². The van der Waals surface area contributed by atoms with Crippen molar-refractivity contribution in [2.45, 2.75) is 4.90 Å². The zero-order valence-corrected chi connectivity index (χ0v) is 12.6. The summed E-state index contributed by atoms with van der Waals surface area (Å²) >= 11 is 8.98. The van der Waals surface area contributed by atoms with Crippen LogP contribution in [0, 0.1) is 5.82 Å². The van der Waals surface area contributed by atoms with E-state index in [2.05, 4.69) is 20.7 Å². The smallest absolute Gasteiger partial charge is 0.263 e. The molecule has 3 nitrogen and oxygen atoms in total. The van der Waals surface area contributed by atoms with E-state index in [0.29, 0.717) is 10.2 Å². The van der Waals surface area contributed by atoms with Crippen molar-refractivity contribution in [3.05, 3.63) is 57.8 Å². The molecule has 100 valence electrons. The van der Waals surface area contributed by atoms with Crippen LogP contribution in [-0.4, -0.2) is 8.42 Å². The minimum atomic E-state index is -3.86. The van der Waals surface area contributed by atoms with Crippen LogP contribution in [0.3, 0.4) is 0 Å². The average Bonchev–Trinajstić information content (AvgIpc) is 2.31. The van der Waals surface area contributed by atoms with E-state index in [1.54, 1.807) is 24.3 Å². The normalized spacial score (nSPS) is 11.3. The van der Waals surface area contributed by atoms with Gasteiger partial charge >= 0.3 is 0 Å². The number of anilines is 1. The second-order valence-corrected chi connectivity index (χ2v) is 6.57. The largest absolute Gasteiger partial charge is 0.278 e. The number of benzene rings is 2. The van der Waals surface area contributed by atoms with Gasteiger partial charge in [0.25, 0.3) is 10.0 Å². The highest BCUT2D eigenvalue weighted by Gasteiger charge is 2.19. The van der Waals surface area contributed by atoms with Crippen molar-refractivity contribution >= 4 is 43.2 Å². The van der Waals surface area contributed by atoms with Crippen LogP contribution in [0.1, 0.15) is 0 Å². The monoisotopic (exact) mass is 363 g/mol. The lowest BCUT2D eigenvalue weighted by atomic mass is 10.3. The van der Waals surface area contributed by atoms with Crippen LogP contribution >= 0.6 is 27.5 Å². The van der Waals surface area contributed by atoms with Crippen LogP contribution in [0.15, 0.2) is 51.8 Å². The minimum absolute atomic E-state index is 0.167. The predicted octanol–water partition coefficient (Wildman–Crippen LogP) is 4.04. The summed E-state index contributed by atoms with van der Waals surface area (Å²) in [6.45, 7) is 0. The summed E-state index contributed by atoms with van der Waals surface area (Å²) in [7, 11) is -3.86. The van der Waals surface area contributed by atoms with Crippen LogP contribution in [0.4, 0.5) is 10.1 Å². The Morgan fingerprint density at radius 3 is 2.47 bits per heavy atom. The van der Waals surface area contributed by atoms with Crippen molar-refractivity contribution in [1.82, 2.24) is 0 Å². The highest BCUT2D eigenvalue weighted by molar-refractivity contribution is 9.10. The van der Waals surface area contributed by atoms with E-state index in [-0.39, 0.29) is 9.92 Å². The van der Waals surface area contributed by atoms with Gasteiger partial charge in [-0.15, -0.1) is 0 Å². The number of sulfonamides is 1. The molecular formula is C12H8BrClFNO2S. The van der Waals surface area contributed by atoms with Gasteiger partial charge in [0.1, 0.15) is 10.7 Å². The summed E-state index contributed by atoms with van der Waals surface area (Å²) in [6.07, 6.45) is 0. The summed E-state index contributed by atoms with van der Waals surface area (Å²) in [4.78, 5) is -0.175. The molecule has 2 aromatic rings. The Bertz CT molecular complexity index is 721. The fourth-order valence-electron chi connectivity index (χ4n) is 1.44. The second kappa shape index (κ2) is 5.48. The molecule has 0 aliphatic heterocycles. The number of hydrogen-bond donors (Lipinski definition) is 1. The van der Waals surface area contributed by atoms with E-state index in [0.717, 1.165) is 18.2 Å². The van der Waals surface area contributed by atoms with Crippen LogP contribution in [0.5, 0.6) is 0 Å². The molecule has 0 saturated carbocycles. The quantitative estimate of drug-likeness (QED) is 0.893.